The van der Waals surface area contributed by atoms with Gasteiger partial charge in [0.15, 0.2) is 0 Å². The first-order valence-electron chi connectivity index (χ1n) is 5.88. The van der Waals surface area contributed by atoms with Crippen LogP contribution in [0.1, 0.15) is 17.2 Å². The van der Waals surface area contributed by atoms with Gasteiger partial charge in [-0.15, -0.1) is 0 Å². The average Bonchev–Trinajstić information content (AvgIpc) is 2.90. The minimum Gasteiger partial charge on any atom is -0.508 e. The Bertz CT molecular complexity index is 561. The molecule has 1 heterocycles. The second kappa shape index (κ2) is 4.53. The maximum atomic E-state index is 9.25. The molecule has 3 rings (SSSR count). The smallest absolute Gasteiger partial charge is 0.216 e. The van der Waals surface area contributed by atoms with Gasteiger partial charge in [0, 0.05) is 5.56 Å². The van der Waals surface area contributed by atoms with Gasteiger partial charge in [-0.25, -0.2) is 4.99 Å². The molecular weight excluding hydrogens is 226 g/mol. The summed E-state index contributed by atoms with van der Waals surface area (Å²) in [7, 11) is 0. The Morgan fingerprint density at radius 1 is 1.00 bits per heavy atom. The van der Waals surface area contributed by atoms with E-state index in [1.807, 2.05) is 42.5 Å². The van der Waals surface area contributed by atoms with Gasteiger partial charge in [-0.2, -0.15) is 0 Å². The maximum absolute atomic E-state index is 9.25. The SMILES string of the molecule is Oc1ccc(C2=NCC(c3ccccc3)O2)cc1. The number of phenols is 1. The second-order valence-electron chi connectivity index (χ2n) is 4.21. The zero-order valence-electron chi connectivity index (χ0n) is 9.78. The van der Waals surface area contributed by atoms with Crippen molar-refractivity contribution in [2.75, 3.05) is 6.54 Å². The molecule has 0 radical (unpaired) electrons. The molecule has 3 heteroatoms. The van der Waals surface area contributed by atoms with Gasteiger partial charge in [-0.1, -0.05) is 30.3 Å². The first kappa shape index (κ1) is 10.8. The predicted octanol–water partition coefficient (Wildman–Crippen LogP) is 2.91. The van der Waals surface area contributed by atoms with Crippen LogP contribution in [0.15, 0.2) is 59.6 Å². The highest BCUT2D eigenvalue weighted by molar-refractivity contribution is 5.95. The molecule has 0 spiro atoms. The van der Waals surface area contributed by atoms with Gasteiger partial charge >= 0.3 is 0 Å². The van der Waals surface area contributed by atoms with Crippen LogP contribution in [-0.4, -0.2) is 17.5 Å². The zero-order valence-corrected chi connectivity index (χ0v) is 9.78. The number of benzene rings is 2. The number of phenolic OH excluding ortho intramolecular Hbond substituents is 1. The minimum atomic E-state index is -0.00463. The summed E-state index contributed by atoms with van der Waals surface area (Å²) in [5.41, 5.74) is 2.03. The summed E-state index contributed by atoms with van der Waals surface area (Å²) in [6.45, 7) is 0.639. The van der Waals surface area contributed by atoms with Crippen LogP contribution < -0.4 is 0 Å². The summed E-state index contributed by atoms with van der Waals surface area (Å²) in [6.07, 6.45) is -0.00463. The summed E-state index contributed by atoms with van der Waals surface area (Å²) in [5, 5.41) is 9.25. The fraction of sp³-hybridized carbons (Fsp3) is 0.133. The lowest BCUT2D eigenvalue weighted by molar-refractivity contribution is 0.230. The highest BCUT2D eigenvalue weighted by Crippen LogP contribution is 2.25. The number of hydrogen-bond acceptors (Lipinski definition) is 3. The summed E-state index contributed by atoms with van der Waals surface area (Å²) in [4.78, 5) is 4.41. The lowest BCUT2D eigenvalue weighted by Crippen LogP contribution is -2.05. The maximum Gasteiger partial charge on any atom is 0.216 e. The molecule has 90 valence electrons. The Morgan fingerprint density at radius 3 is 2.44 bits per heavy atom. The van der Waals surface area contributed by atoms with Gasteiger partial charge in [-0.05, 0) is 29.8 Å². The molecule has 0 aliphatic carbocycles. The van der Waals surface area contributed by atoms with Crippen molar-refractivity contribution >= 4 is 5.90 Å². The molecule has 1 aliphatic heterocycles. The summed E-state index contributed by atoms with van der Waals surface area (Å²) < 4.78 is 5.84. The Morgan fingerprint density at radius 2 is 1.72 bits per heavy atom. The normalized spacial score (nSPS) is 18.2. The molecule has 18 heavy (non-hydrogen) atoms. The summed E-state index contributed by atoms with van der Waals surface area (Å²) in [6, 6.07) is 17.0. The fourth-order valence-corrected chi connectivity index (χ4v) is 1.98. The number of aliphatic imine (C=N–C) groups is 1. The van der Waals surface area contributed by atoms with Crippen LogP contribution in [-0.2, 0) is 4.74 Å². The van der Waals surface area contributed by atoms with Crippen LogP contribution in [0.5, 0.6) is 5.75 Å². The lowest BCUT2D eigenvalue weighted by atomic mass is 10.1. The molecular formula is C15H13NO2. The zero-order chi connectivity index (χ0) is 12.4. The predicted molar refractivity (Wildman–Crippen MR) is 69.8 cm³/mol. The van der Waals surface area contributed by atoms with Crippen molar-refractivity contribution < 1.29 is 9.84 Å². The molecule has 0 bridgehead atoms. The van der Waals surface area contributed by atoms with Crippen molar-refractivity contribution in [2.45, 2.75) is 6.10 Å². The Balaban J connectivity index is 1.77. The van der Waals surface area contributed by atoms with Crippen LogP contribution in [0.4, 0.5) is 0 Å². The molecule has 0 saturated carbocycles. The highest BCUT2D eigenvalue weighted by atomic mass is 16.5. The van der Waals surface area contributed by atoms with E-state index in [0.717, 1.165) is 11.1 Å². The summed E-state index contributed by atoms with van der Waals surface area (Å²) >= 11 is 0. The molecule has 0 amide bonds. The van der Waals surface area contributed by atoms with E-state index in [1.54, 1.807) is 12.1 Å². The van der Waals surface area contributed by atoms with Gasteiger partial charge in [0.25, 0.3) is 0 Å². The van der Waals surface area contributed by atoms with Crippen molar-refractivity contribution in [3.05, 3.63) is 65.7 Å². The van der Waals surface area contributed by atoms with Crippen molar-refractivity contribution in [1.82, 2.24) is 0 Å². The molecule has 0 aromatic heterocycles. The molecule has 0 saturated heterocycles. The number of rotatable bonds is 2. The van der Waals surface area contributed by atoms with Crippen molar-refractivity contribution in [1.29, 1.82) is 0 Å². The molecule has 2 aromatic carbocycles. The molecule has 1 aliphatic rings. The van der Waals surface area contributed by atoms with Gasteiger partial charge in [0.2, 0.25) is 5.90 Å². The van der Waals surface area contributed by atoms with E-state index in [2.05, 4.69) is 4.99 Å². The molecule has 0 fully saturated rings. The van der Waals surface area contributed by atoms with E-state index < -0.39 is 0 Å². The topological polar surface area (TPSA) is 41.8 Å². The third-order valence-electron chi connectivity index (χ3n) is 2.94. The van der Waals surface area contributed by atoms with Crippen LogP contribution in [0.3, 0.4) is 0 Å². The molecule has 3 nitrogen and oxygen atoms in total. The largest absolute Gasteiger partial charge is 0.508 e. The van der Waals surface area contributed by atoms with Crippen LogP contribution in [0.25, 0.3) is 0 Å². The quantitative estimate of drug-likeness (QED) is 0.875. The van der Waals surface area contributed by atoms with Crippen molar-refractivity contribution in [2.24, 2.45) is 4.99 Å². The van der Waals surface area contributed by atoms with Crippen LogP contribution in [0, 0.1) is 0 Å². The van der Waals surface area contributed by atoms with E-state index in [1.165, 1.54) is 0 Å². The number of hydrogen-bond donors (Lipinski definition) is 1. The molecule has 1 unspecified atom stereocenters. The first-order chi connectivity index (χ1) is 8.83. The van der Waals surface area contributed by atoms with E-state index in [9.17, 15) is 5.11 Å². The van der Waals surface area contributed by atoms with E-state index in [0.29, 0.717) is 12.4 Å². The Kier molecular flexibility index (Phi) is 2.73. The van der Waals surface area contributed by atoms with Gasteiger partial charge < -0.3 is 9.84 Å². The third kappa shape index (κ3) is 2.07. The van der Waals surface area contributed by atoms with Gasteiger partial charge in [0.1, 0.15) is 11.9 Å². The Labute approximate surface area is 105 Å². The van der Waals surface area contributed by atoms with Crippen LogP contribution >= 0.6 is 0 Å². The number of nitrogens with zero attached hydrogens (tertiary/aromatic N) is 1. The number of ether oxygens (including phenoxy) is 1. The molecule has 1 atom stereocenters. The van der Waals surface area contributed by atoms with E-state index in [4.69, 9.17) is 4.74 Å². The highest BCUT2D eigenvalue weighted by Gasteiger charge is 2.22. The van der Waals surface area contributed by atoms with Crippen molar-refractivity contribution in [3.63, 3.8) is 0 Å². The monoisotopic (exact) mass is 239 g/mol. The van der Waals surface area contributed by atoms with E-state index >= 15 is 0 Å². The fourth-order valence-electron chi connectivity index (χ4n) is 1.98. The number of aromatic hydroxyl groups is 1. The Hall–Kier alpha value is -2.29. The average molecular weight is 239 g/mol. The molecule has 1 N–H and O–H groups in total. The standard InChI is InChI=1S/C15H13NO2/c17-13-8-6-12(7-9-13)15-16-10-14(18-15)11-4-2-1-3-5-11/h1-9,14,17H,10H2. The van der Waals surface area contributed by atoms with Gasteiger partial charge in [0.05, 0.1) is 6.54 Å². The van der Waals surface area contributed by atoms with Crippen LogP contribution in [0.2, 0.25) is 0 Å². The molecule has 2 aromatic rings. The van der Waals surface area contributed by atoms with E-state index in [-0.39, 0.29) is 11.9 Å². The third-order valence-corrected chi connectivity index (χ3v) is 2.94. The minimum absolute atomic E-state index is 0.00463. The van der Waals surface area contributed by atoms with Gasteiger partial charge in [-0.3, -0.25) is 0 Å². The summed E-state index contributed by atoms with van der Waals surface area (Å²) in [5.74, 6) is 0.890. The lowest BCUT2D eigenvalue weighted by Gasteiger charge is -2.11. The van der Waals surface area contributed by atoms with Crippen molar-refractivity contribution in [3.8, 4) is 5.75 Å². The second-order valence-corrected chi connectivity index (χ2v) is 4.21. The first-order valence-corrected chi connectivity index (χ1v) is 5.88.